The molecular weight excluding hydrogens is 513 g/mol. The molecule has 0 amide bonds. The van der Waals surface area contributed by atoms with Gasteiger partial charge in [0.05, 0.1) is 22.7 Å². The fourth-order valence-corrected chi connectivity index (χ4v) is 3.79. The number of nitrogens with zero attached hydrogens (tertiary/aromatic N) is 4. The van der Waals surface area contributed by atoms with Gasteiger partial charge < -0.3 is 20.1 Å². The fraction of sp³-hybridized carbons (Fsp3) is 0.360. The van der Waals surface area contributed by atoms with Gasteiger partial charge in [-0.25, -0.2) is 23.5 Å². The molecule has 13 heteroatoms. The lowest BCUT2D eigenvalue weighted by Crippen LogP contribution is -2.39. The lowest BCUT2D eigenvalue weighted by molar-refractivity contribution is -0.192. The Bertz CT molecular complexity index is 1370. The van der Waals surface area contributed by atoms with Crippen LogP contribution in [0.2, 0.25) is 0 Å². The Morgan fingerprint density at radius 3 is 2.32 bits per heavy atom. The summed E-state index contributed by atoms with van der Waals surface area (Å²) in [5, 5.41) is 19.8. The van der Waals surface area contributed by atoms with Crippen LogP contribution in [-0.4, -0.2) is 52.5 Å². The molecule has 1 saturated heterocycles. The number of aromatic nitrogens is 2. The smallest absolute Gasteiger partial charge is 0.487 e. The van der Waals surface area contributed by atoms with Crippen LogP contribution in [0.25, 0.3) is 11.0 Å². The minimum atomic E-state index is -5.08. The van der Waals surface area contributed by atoms with E-state index in [0.29, 0.717) is 43.1 Å². The molecule has 0 atom stereocenters. The van der Waals surface area contributed by atoms with Crippen LogP contribution in [0, 0.1) is 23.0 Å². The minimum Gasteiger partial charge on any atom is -0.487 e. The lowest BCUT2D eigenvalue weighted by Gasteiger charge is -2.33. The van der Waals surface area contributed by atoms with E-state index < -0.39 is 23.8 Å². The number of rotatable bonds is 5. The predicted octanol–water partition coefficient (Wildman–Crippen LogP) is 5.04. The van der Waals surface area contributed by atoms with Gasteiger partial charge in [-0.05, 0) is 43.2 Å². The van der Waals surface area contributed by atoms with Crippen molar-refractivity contribution < 1.29 is 36.6 Å². The molecule has 0 spiro atoms. The van der Waals surface area contributed by atoms with E-state index >= 15 is 0 Å². The van der Waals surface area contributed by atoms with Crippen LogP contribution in [0.3, 0.4) is 0 Å². The second kappa shape index (κ2) is 11.0. The molecule has 1 aliphatic carbocycles. The third-order valence-corrected chi connectivity index (χ3v) is 5.86. The number of halogens is 5. The van der Waals surface area contributed by atoms with Crippen molar-refractivity contribution >= 4 is 28.6 Å². The lowest BCUT2D eigenvalue weighted by atomic mass is 10.1. The largest absolute Gasteiger partial charge is 0.490 e. The number of carboxylic acid groups (broad SMARTS) is 1. The Kier molecular flexibility index (Phi) is 7.80. The summed E-state index contributed by atoms with van der Waals surface area (Å²) >= 11 is 0. The van der Waals surface area contributed by atoms with Gasteiger partial charge in [-0.15, -0.1) is 0 Å². The molecule has 0 radical (unpaired) electrons. The van der Waals surface area contributed by atoms with E-state index in [4.69, 9.17) is 24.6 Å². The number of nitriles is 1. The van der Waals surface area contributed by atoms with Crippen LogP contribution in [0.4, 0.5) is 33.6 Å². The molecule has 2 fully saturated rings. The van der Waals surface area contributed by atoms with E-state index in [0.717, 1.165) is 36.1 Å². The molecular formula is C25H22F5N5O3. The van der Waals surface area contributed by atoms with Crippen LogP contribution in [0.5, 0.6) is 5.75 Å². The molecule has 0 bridgehead atoms. The van der Waals surface area contributed by atoms with Crippen molar-refractivity contribution in [3.05, 3.63) is 53.6 Å². The maximum Gasteiger partial charge on any atom is 0.490 e. The molecule has 2 aliphatic rings. The van der Waals surface area contributed by atoms with Crippen molar-refractivity contribution in [1.29, 1.82) is 5.26 Å². The molecule has 3 aromatic rings. The van der Waals surface area contributed by atoms with Gasteiger partial charge in [-0.3, -0.25) is 0 Å². The monoisotopic (exact) mass is 535 g/mol. The zero-order valence-corrected chi connectivity index (χ0v) is 19.8. The molecule has 2 heterocycles. The van der Waals surface area contributed by atoms with Gasteiger partial charge >= 0.3 is 12.1 Å². The average Bonchev–Trinajstić information content (AvgIpc) is 3.69. The predicted molar refractivity (Wildman–Crippen MR) is 127 cm³/mol. The number of hydrogen-bond donors (Lipinski definition) is 2. The Morgan fingerprint density at radius 1 is 1.05 bits per heavy atom. The Morgan fingerprint density at radius 2 is 1.74 bits per heavy atom. The first kappa shape index (κ1) is 26.8. The van der Waals surface area contributed by atoms with E-state index in [1.165, 1.54) is 12.1 Å². The first-order valence-electron chi connectivity index (χ1n) is 11.7. The van der Waals surface area contributed by atoms with Gasteiger partial charge in [-0.2, -0.15) is 18.4 Å². The van der Waals surface area contributed by atoms with E-state index in [1.54, 1.807) is 12.1 Å². The van der Waals surface area contributed by atoms with E-state index in [9.17, 15) is 27.2 Å². The van der Waals surface area contributed by atoms with Crippen LogP contribution in [0.15, 0.2) is 36.4 Å². The number of benzene rings is 2. The first-order valence-corrected chi connectivity index (χ1v) is 11.7. The van der Waals surface area contributed by atoms with Crippen LogP contribution < -0.4 is 15.0 Å². The number of anilines is 2. The number of aliphatic carboxylic acids is 1. The molecule has 200 valence electrons. The number of nitrogens with one attached hydrogen (secondary N) is 1. The van der Waals surface area contributed by atoms with Gasteiger partial charge in [0.2, 0.25) is 0 Å². The highest BCUT2D eigenvalue weighted by atomic mass is 19.4. The molecule has 2 N–H and O–H groups in total. The van der Waals surface area contributed by atoms with Crippen LogP contribution in [0.1, 0.15) is 31.2 Å². The topological polar surface area (TPSA) is 111 Å². The van der Waals surface area contributed by atoms with Crippen molar-refractivity contribution in [2.24, 2.45) is 0 Å². The maximum absolute atomic E-state index is 13.9. The summed E-state index contributed by atoms with van der Waals surface area (Å²) in [5.74, 6) is -2.47. The second-order valence-electron chi connectivity index (χ2n) is 8.81. The van der Waals surface area contributed by atoms with Gasteiger partial charge in [0, 0.05) is 38.0 Å². The SMILES string of the molecule is N#Cc1ccc2nc(NC3CC3)c(N3CCC(Oc4ccc(F)cc4F)CC3)nc2c1.O=C(O)C(F)(F)F. The summed E-state index contributed by atoms with van der Waals surface area (Å²) in [4.78, 5) is 20.6. The fourth-order valence-electron chi connectivity index (χ4n) is 3.79. The third kappa shape index (κ3) is 6.76. The zero-order chi connectivity index (χ0) is 27.4. The van der Waals surface area contributed by atoms with E-state index in [2.05, 4.69) is 16.3 Å². The molecule has 8 nitrogen and oxygen atoms in total. The van der Waals surface area contributed by atoms with Gasteiger partial charge in [0.15, 0.2) is 23.2 Å². The quantitative estimate of drug-likeness (QED) is 0.438. The van der Waals surface area contributed by atoms with Crippen LogP contribution in [-0.2, 0) is 4.79 Å². The Hall–Kier alpha value is -4.21. The molecule has 1 aliphatic heterocycles. The average molecular weight is 535 g/mol. The number of ether oxygens (including phenoxy) is 1. The first-order chi connectivity index (χ1) is 18.0. The molecule has 1 aromatic heterocycles. The molecule has 5 rings (SSSR count). The highest BCUT2D eigenvalue weighted by molar-refractivity contribution is 5.82. The van der Waals surface area contributed by atoms with E-state index in [1.807, 2.05) is 6.07 Å². The summed E-state index contributed by atoms with van der Waals surface area (Å²) in [7, 11) is 0. The summed E-state index contributed by atoms with van der Waals surface area (Å²) in [6, 6.07) is 11.2. The van der Waals surface area contributed by atoms with Crippen molar-refractivity contribution in [2.45, 2.75) is 44.0 Å². The standard InChI is InChI=1S/C23H21F2N5O.C2HF3O2/c24-15-2-6-21(18(25)12-15)31-17-7-9-30(10-8-17)23-22(27-16-3-4-16)28-19-5-1-14(13-26)11-20(19)29-23;3-2(4,5)1(6)7/h1-2,5-6,11-12,16-17H,3-4,7-10H2,(H,27,28);(H,6,7). The van der Waals surface area contributed by atoms with Crippen LogP contribution >= 0.6 is 0 Å². The molecule has 38 heavy (non-hydrogen) atoms. The van der Waals surface area contributed by atoms with Crippen molar-refractivity contribution in [1.82, 2.24) is 9.97 Å². The zero-order valence-electron chi connectivity index (χ0n) is 19.8. The summed E-state index contributed by atoms with van der Waals surface area (Å²) in [6.07, 6.45) is -1.65. The van der Waals surface area contributed by atoms with Crippen molar-refractivity contribution in [2.75, 3.05) is 23.3 Å². The maximum atomic E-state index is 13.9. The molecule has 1 saturated carbocycles. The van der Waals surface area contributed by atoms with Gasteiger partial charge in [-0.1, -0.05) is 0 Å². The normalized spacial score (nSPS) is 15.8. The van der Waals surface area contributed by atoms with Crippen molar-refractivity contribution in [3.8, 4) is 11.8 Å². The molecule has 2 aromatic carbocycles. The van der Waals surface area contributed by atoms with Crippen molar-refractivity contribution in [3.63, 3.8) is 0 Å². The second-order valence-corrected chi connectivity index (χ2v) is 8.81. The number of carbonyl (C=O) groups is 1. The number of piperidine rings is 1. The highest BCUT2D eigenvalue weighted by Gasteiger charge is 2.38. The Balaban J connectivity index is 0.000000426. The highest BCUT2D eigenvalue weighted by Crippen LogP contribution is 2.33. The van der Waals surface area contributed by atoms with Gasteiger partial charge in [0.1, 0.15) is 11.9 Å². The summed E-state index contributed by atoms with van der Waals surface area (Å²) in [6.45, 7) is 1.34. The molecule has 0 unspecified atom stereocenters. The number of hydrogen-bond acceptors (Lipinski definition) is 7. The summed E-state index contributed by atoms with van der Waals surface area (Å²) < 4.78 is 64.5. The minimum absolute atomic E-state index is 0.0745. The summed E-state index contributed by atoms with van der Waals surface area (Å²) in [5.41, 5.74) is 1.97. The van der Waals surface area contributed by atoms with Gasteiger partial charge in [0.25, 0.3) is 0 Å². The Labute approximate surface area is 213 Å². The number of carboxylic acids is 1. The number of alkyl halides is 3. The van der Waals surface area contributed by atoms with E-state index in [-0.39, 0.29) is 11.9 Å². The third-order valence-electron chi connectivity index (χ3n) is 5.86. The number of fused-ring (bicyclic) bond motifs is 1.